The van der Waals surface area contributed by atoms with Gasteiger partial charge >= 0.3 is 24.3 Å². The molecular weight excluding hydrogens is 750 g/mol. The number of carboxylic acids is 2. The molecule has 18 nitrogen and oxygen atoms in total. The van der Waals surface area contributed by atoms with Gasteiger partial charge in [-0.3, -0.25) is 28.8 Å². The monoisotopic (exact) mass is 782 g/mol. The van der Waals surface area contributed by atoms with E-state index in [-0.39, 0.29) is 59.6 Å². The topological polar surface area (TPSA) is 318 Å². The number of nitrogens with one attached hydrogen (secondary N) is 4. The van der Waals surface area contributed by atoms with Crippen molar-refractivity contribution in [2.45, 2.75) is 24.4 Å². The first-order chi connectivity index (χ1) is 25.0. The number of carbonyl (C=O) groups is 8. The Balaban J connectivity index is 0.000000879. The number of hydrogen-bond donors (Lipinski definition) is 10. The van der Waals surface area contributed by atoms with Crippen molar-refractivity contribution in [2.75, 3.05) is 39.4 Å². The maximum absolute atomic E-state index is 13.3. The van der Waals surface area contributed by atoms with Gasteiger partial charge in [0.1, 0.15) is 12.1 Å². The standard InChI is InChI=1S/C26H30N6O8.2C2HF3O2/c27-19(11-33)25(39)31-7-5-29-23(37)13-1-3-15-17(9-13)22(36)18-10-14(2-4-16(18)21(15)35)24(38)30-6-8-32-26(40)20(28)12-34;2*3-2(4,5)1(6)7/h1-4,9-10,19-20,33-34H,5-8,11-12,27-28H2,(H,29,37)(H,30,38)(H,31,39)(H,32,40);2*(H,6,7)/t19-,20-;;/m0../s1. The van der Waals surface area contributed by atoms with Crippen LogP contribution in [0.25, 0.3) is 0 Å². The predicted molar refractivity (Wildman–Crippen MR) is 168 cm³/mol. The van der Waals surface area contributed by atoms with Gasteiger partial charge in [-0.25, -0.2) is 9.59 Å². The Bertz CT molecular complexity index is 1630. The number of benzene rings is 2. The summed E-state index contributed by atoms with van der Waals surface area (Å²) in [5.41, 5.74) is 11.3. The van der Waals surface area contributed by atoms with Crippen molar-refractivity contribution in [1.29, 1.82) is 0 Å². The molecule has 0 heterocycles. The van der Waals surface area contributed by atoms with Crippen LogP contribution < -0.4 is 32.7 Å². The molecule has 4 amide bonds. The summed E-state index contributed by atoms with van der Waals surface area (Å²) in [4.78, 5) is 92.4. The lowest BCUT2D eigenvalue weighted by molar-refractivity contribution is -0.193. The van der Waals surface area contributed by atoms with E-state index in [0.29, 0.717) is 0 Å². The van der Waals surface area contributed by atoms with Gasteiger partial charge in [0, 0.05) is 59.6 Å². The number of ketones is 2. The highest BCUT2D eigenvalue weighted by Crippen LogP contribution is 2.29. The van der Waals surface area contributed by atoms with Gasteiger partial charge in [-0.2, -0.15) is 26.3 Å². The van der Waals surface area contributed by atoms with Crippen LogP contribution in [0.2, 0.25) is 0 Å². The normalized spacial score (nSPS) is 12.9. The molecule has 1 aliphatic carbocycles. The minimum Gasteiger partial charge on any atom is -0.475 e. The SMILES string of the molecule is N[C@@H](CO)C(=O)NCCNC(=O)c1ccc2c(c1)C(=O)c1cc(C(=O)NCCNC(=O)[C@@H](N)CO)ccc1C2=O.O=C(O)C(F)(F)F.O=C(O)C(F)(F)F. The smallest absolute Gasteiger partial charge is 0.475 e. The van der Waals surface area contributed by atoms with Gasteiger partial charge in [0.2, 0.25) is 11.8 Å². The largest absolute Gasteiger partial charge is 0.490 e. The molecule has 0 spiro atoms. The van der Waals surface area contributed by atoms with Crippen molar-refractivity contribution in [3.63, 3.8) is 0 Å². The first-order valence-electron chi connectivity index (χ1n) is 14.8. The summed E-state index contributed by atoms with van der Waals surface area (Å²) in [5.74, 6) is -8.73. The van der Waals surface area contributed by atoms with Crippen LogP contribution in [0.1, 0.15) is 52.6 Å². The third kappa shape index (κ3) is 13.9. The first-order valence-corrected chi connectivity index (χ1v) is 14.8. The van der Waals surface area contributed by atoms with Crippen molar-refractivity contribution in [3.05, 3.63) is 69.8 Å². The zero-order chi connectivity index (χ0) is 41.6. The van der Waals surface area contributed by atoms with Crippen molar-refractivity contribution < 1.29 is 85.1 Å². The number of carbonyl (C=O) groups excluding carboxylic acids is 6. The molecule has 2 atom stereocenters. The number of halogens is 6. The van der Waals surface area contributed by atoms with Crippen LogP contribution in [-0.4, -0.2) is 131 Å². The Labute approximate surface area is 298 Å². The molecule has 24 heteroatoms. The van der Waals surface area contributed by atoms with Crippen LogP contribution in [0, 0.1) is 0 Å². The molecule has 0 aromatic heterocycles. The Morgan fingerprint density at radius 2 is 0.833 bits per heavy atom. The summed E-state index contributed by atoms with van der Waals surface area (Å²) < 4.78 is 63.5. The summed E-state index contributed by atoms with van der Waals surface area (Å²) in [6.07, 6.45) is -10.2. The van der Waals surface area contributed by atoms with Gasteiger partial charge in [-0.15, -0.1) is 0 Å². The van der Waals surface area contributed by atoms with E-state index in [1.54, 1.807) is 0 Å². The molecule has 2 aromatic carbocycles. The number of aliphatic hydroxyl groups is 2. The number of amides is 4. The van der Waals surface area contributed by atoms with Crippen LogP contribution in [0.3, 0.4) is 0 Å². The van der Waals surface area contributed by atoms with Gasteiger partial charge in [-0.1, -0.05) is 0 Å². The fourth-order valence-electron chi connectivity index (χ4n) is 3.79. The molecular formula is C30H32F6N6O12. The molecule has 0 fully saturated rings. The highest BCUT2D eigenvalue weighted by molar-refractivity contribution is 6.29. The average Bonchev–Trinajstić information content (AvgIpc) is 3.12. The zero-order valence-electron chi connectivity index (χ0n) is 27.3. The predicted octanol–water partition coefficient (Wildman–Crippen LogP) is -1.94. The number of aliphatic hydroxyl groups excluding tert-OH is 2. The molecule has 54 heavy (non-hydrogen) atoms. The molecule has 0 radical (unpaired) electrons. The zero-order valence-corrected chi connectivity index (χ0v) is 27.3. The summed E-state index contributed by atoms with van der Waals surface area (Å²) >= 11 is 0. The summed E-state index contributed by atoms with van der Waals surface area (Å²) in [6, 6.07) is 6.01. The third-order valence-electron chi connectivity index (χ3n) is 6.51. The molecule has 1 aliphatic rings. The van der Waals surface area contributed by atoms with E-state index in [9.17, 15) is 55.1 Å². The Hall–Kier alpha value is -5.98. The highest BCUT2D eigenvalue weighted by atomic mass is 19.4. The summed E-state index contributed by atoms with van der Waals surface area (Å²) in [7, 11) is 0. The number of aliphatic carboxylic acids is 2. The van der Waals surface area contributed by atoms with E-state index in [2.05, 4.69) is 21.3 Å². The van der Waals surface area contributed by atoms with Crippen LogP contribution >= 0.6 is 0 Å². The lowest BCUT2D eigenvalue weighted by atomic mass is 9.82. The Morgan fingerprint density at radius 3 is 1.11 bits per heavy atom. The Kier molecular flexibility index (Phi) is 17.3. The summed E-state index contributed by atoms with van der Waals surface area (Å²) in [6.45, 7) is -0.825. The lowest BCUT2D eigenvalue weighted by Crippen LogP contribution is -2.45. The second-order valence-electron chi connectivity index (χ2n) is 10.5. The fraction of sp³-hybridized carbons (Fsp3) is 0.333. The van der Waals surface area contributed by atoms with Crippen molar-refractivity contribution in [2.24, 2.45) is 11.5 Å². The second-order valence-corrected chi connectivity index (χ2v) is 10.5. The van der Waals surface area contributed by atoms with E-state index >= 15 is 0 Å². The van der Waals surface area contributed by atoms with E-state index in [1.807, 2.05) is 0 Å². The molecule has 0 bridgehead atoms. The average molecular weight is 783 g/mol. The van der Waals surface area contributed by atoms with Crippen molar-refractivity contribution >= 4 is 47.1 Å². The van der Waals surface area contributed by atoms with Gasteiger partial charge in [0.05, 0.1) is 13.2 Å². The van der Waals surface area contributed by atoms with Gasteiger partial charge in [0.25, 0.3) is 11.8 Å². The maximum Gasteiger partial charge on any atom is 0.490 e. The molecule has 0 saturated carbocycles. The number of rotatable bonds is 12. The minimum atomic E-state index is -5.08. The van der Waals surface area contributed by atoms with E-state index in [4.69, 9.17) is 41.5 Å². The van der Waals surface area contributed by atoms with Crippen LogP contribution in [0.15, 0.2) is 36.4 Å². The summed E-state index contributed by atoms with van der Waals surface area (Å²) in [5, 5.41) is 42.1. The van der Waals surface area contributed by atoms with Crippen LogP contribution in [0.5, 0.6) is 0 Å². The molecule has 2 aromatic rings. The maximum atomic E-state index is 13.3. The first kappa shape index (κ1) is 46.0. The van der Waals surface area contributed by atoms with E-state index in [0.717, 1.165) is 0 Å². The third-order valence-corrected chi connectivity index (χ3v) is 6.51. The number of nitrogens with two attached hydrogens (primary N) is 2. The van der Waals surface area contributed by atoms with Crippen LogP contribution in [0.4, 0.5) is 26.3 Å². The highest BCUT2D eigenvalue weighted by Gasteiger charge is 2.39. The van der Waals surface area contributed by atoms with Crippen molar-refractivity contribution in [1.82, 2.24) is 21.3 Å². The number of alkyl halides is 6. The quantitative estimate of drug-likeness (QED) is 0.0707. The second kappa shape index (κ2) is 20.3. The molecule has 12 N–H and O–H groups in total. The van der Waals surface area contributed by atoms with Crippen molar-refractivity contribution in [3.8, 4) is 0 Å². The van der Waals surface area contributed by atoms with E-state index < -0.39 is 84.8 Å². The number of fused-ring (bicyclic) bond motifs is 2. The molecule has 0 unspecified atom stereocenters. The van der Waals surface area contributed by atoms with Gasteiger partial charge in [0.15, 0.2) is 11.6 Å². The van der Waals surface area contributed by atoms with Gasteiger partial charge in [-0.05, 0) is 36.4 Å². The lowest BCUT2D eigenvalue weighted by Gasteiger charge is -2.19. The molecule has 0 saturated heterocycles. The molecule has 0 aliphatic heterocycles. The molecule has 296 valence electrons. The Morgan fingerprint density at radius 1 is 0.556 bits per heavy atom. The van der Waals surface area contributed by atoms with Crippen LogP contribution in [-0.2, 0) is 19.2 Å². The minimum absolute atomic E-state index is 0.00728. The number of carboxylic acid groups (broad SMARTS) is 2. The fourth-order valence-corrected chi connectivity index (χ4v) is 3.79. The van der Waals surface area contributed by atoms with Gasteiger partial charge < -0.3 is 53.2 Å². The van der Waals surface area contributed by atoms with E-state index in [1.165, 1.54) is 36.4 Å². The number of hydrogen-bond acceptors (Lipinski definition) is 12. The molecule has 3 rings (SSSR count).